The summed E-state index contributed by atoms with van der Waals surface area (Å²) in [5, 5.41) is 21.4. The summed E-state index contributed by atoms with van der Waals surface area (Å²) in [6, 6.07) is 7.83. The highest BCUT2D eigenvalue weighted by Crippen LogP contribution is 2.02. The zero-order valence-corrected chi connectivity index (χ0v) is 11.0. The second-order valence-corrected chi connectivity index (χ2v) is 3.93. The molecule has 1 aromatic carbocycles. The highest BCUT2D eigenvalue weighted by Gasteiger charge is 2.08. The molecule has 1 aromatic rings. The normalized spacial score (nSPS) is 9.48. The number of nitrogens with one attached hydrogen (secondary N) is 2. The highest BCUT2D eigenvalue weighted by molar-refractivity contribution is 5.94. The molecule has 0 bridgehead atoms. The van der Waals surface area contributed by atoms with Crippen LogP contribution in [0.1, 0.15) is 11.1 Å². The van der Waals surface area contributed by atoms with Gasteiger partial charge in [0.1, 0.15) is 13.2 Å². The van der Waals surface area contributed by atoms with E-state index in [2.05, 4.69) is 10.1 Å². The lowest BCUT2D eigenvalue weighted by Gasteiger charge is -2.07. The zero-order chi connectivity index (χ0) is 15.7. The molecule has 0 aliphatic rings. The van der Waals surface area contributed by atoms with Crippen molar-refractivity contribution in [3.8, 4) is 6.07 Å². The van der Waals surface area contributed by atoms with Crippen LogP contribution in [0, 0.1) is 11.3 Å². The summed E-state index contributed by atoms with van der Waals surface area (Å²) in [4.78, 5) is 32.7. The molecule has 0 aromatic heterocycles. The predicted molar refractivity (Wildman–Crippen MR) is 70.0 cm³/mol. The SMILES string of the molecule is N#Cc1ccc(CNC(=O)NC(=O)COCC(=O)O)cc1. The number of benzene rings is 1. The van der Waals surface area contributed by atoms with Crippen molar-refractivity contribution in [3.63, 3.8) is 0 Å². The number of carboxylic acid groups (broad SMARTS) is 1. The minimum atomic E-state index is -1.20. The first kappa shape index (κ1) is 16.1. The average molecular weight is 291 g/mol. The van der Waals surface area contributed by atoms with Crippen LogP contribution in [0.5, 0.6) is 0 Å². The van der Waals surface area contributed by atoms with Crippen LogP contribution in [0.2, 0.25) is 0 Å². The van der Waals surface area contributed by atoms with Crippen molar-refractivity contribution >= 4 is 17.9 Å². The summed E-state index contributed by atoms with van der Waals surface area (Å²) in [6.45, 7) is -0.947. The quantitative estimate of drug-likeness (QED) is 0.676. The van der Waals surface area contributed by atoms with E-state index in [9.17, 15) is 14.4 Å². The lowest BCUT2D eigenvalue weighted by atomic mass is 10.1. The third kappa shape index (κ3) is 6.70. The number of carboxylic acids is 1. The lowest BCUT2D eigenvalue weighted by Crippen LogP contribution is -2.41. The van der Waals surface area contributed by atoms with Gasteiger partial charge in [-0.2, -0.15) is 5.26 Å². The predicted octanol–water partition coefficient (Wildman–Crippen LogP) is -0.0147. The molecule has 0 fully saturated rings. The maximum absolute atomic E-state index is 11.4. The first-order valence-electron chi connectivity index (χ1n) is 5.87. The van der Waals surface area contributed by atoms with E-state index in [0.29, 0.717) is 5.56 Å². The van der Waals surface area contributed by atoms with E-state index in [-0.39, 0.29) is 6.54 Å². The van der Waals surface area contributed by atoms with Gasteiger partial charge >= 0.3 is 12.0 Å². The first-order chi connectivity index (χ1) is 10.0. The number of nitrogens with zero attached hydrogens (tertiary/aromatic N) is 1. The maximum Gasteiger partial charge on any atom is 0.329 e. The Morgan fingerprint density at radius 3 is 2.43 bits per heavy atom. The Morgan fingerprint density at radius 2 is 1.86 bits per heavy atom. The summed E-state index contributed by atoms with van der Waals surface area (Å²) < 4.78 is 4.52. The first-order valence-corrected chi connectivity index (χ1v) is 5.87. The molecule has 0 aliphatic carbocycles. The molecule has 0 spiro atoms. The molecule has 8 nitrogen and oxygen atoms in total. The molecule has 0 saturated heterocycles. The van der Waals surface area contributed by atoms with Crippen LogP contribution < -0.4 is 10.6 Å². The van der Waals surface area contributed by atoms with Crippen molar-refractivity contribution in [2.24, 2.45) is 0 Å². The molecule has 0 aliphatic heterocycles. The highest BCUT2D eigenvalue weighted by atomic mass is 16.5. The molecule has 3 N–H and O–H groups in total. The summed E-state index contributed by atoms with van der Waals surface area (Å²) in [5.74, 6) is -1.94. The van der Waals surface area contributed by atoms with Crippen molar-refractivity contribution in [1.82, 2.24) is 10.6 Å². The van der Waals surface area contributed by atoms with Crippen LogP contribution in [-0.2, 0) is 20.9 Å². The van der Waals surface area contributed by atoms with Crippen LogP contribution in [-0.4, -0.2) is 36.2 Å². The van der Waals surface area contributed by atoms with E-state index in [1.165, 1.54) is 0 Å². The third-order valence-corrected chi connectivity index (χ3v) is 2.25. The van der Waals surface area contributed by atoms with Crippen LogP contribution in [0.25, 0.3) is 0 Å². The van der Waals surface area contributed by atoms with Crippen molar-refractivity contribution in [3.05, 3.63) is 35.4 Å². The van der Waals surface area contributed by atoms with E-state index in [1.807, 2.05) is 11.4 Å². The largest absolute Gasteiger partial charge is 0.480 e. The fourth-order valence-corrected chi connectivity index (χ4v) is 1.32. The van der Waals surface area contributed by atoms with Gasteiger partial charge in [-0.15, -0.1) is 0 Å². The van der Waals surface area contributed by atoms with Gasteiger partial charge in [0.05, 0.1) is 11.6 Å². The van der Waals surface area contributed by atoms with Gasteiger partial charge in [0.25, 0.3) is 5.91 Å². The number of rotatable bonds is 6. The van der Waals surface area contributed by atoms with Crippen molar-refractivity contribution in [1.29, 1.82) is 5.26 Å². The third-order valence-electron chi connectivity index (χ3n) is 2.25. The minimum Gasteiger partial charge on any atom is -0.480 e. The Bertz CT molecular complexity index is 562. The fourth-order valence-electron chi connectivity index (χ4n) is 1.32. The van der Waals surface area contributed by atoms with Gasteiger partial charge < -0.3 is 15.2 Å². The van der Waals surface area contributed by atoms with E-state index in [1.54, 1.807) is 24.3 Å². The number of urea groups is 1. The molecule has 110 valence electrons. The van der Waals surface area contributed by atoms with Gasteiger partial charge in [0.15, 0.2) is 0 Å². The maximum atomic E-state index is 11.4. The molecule has 0 radical (unpaired) electrons. The molecular formula is C13H13N3O5. The Morgan fingerprint density at radius 1 is 1.19 bits per heavy atom. The number of hydrogen-bond donors (Lipinski definition) is 3. The Kier molecular flexibility index (Phi) is 6.37. The summed E-state index contributed by atoms with van der Waals surface area (Å²) in [5.41, 5.74) is 1.27. The van der Waals surface area contributed by atoms with Gasteiger partial charge in [0.2, 0.25) is 0 Å². The van der Waals surface area contributed by atoms with E-state index in [4.69, 9.17) is 10.4 Å². The number of carbonyl (C=O) groups is 3. The summed E-state index contributed by atoms with van der Waals surface area (Å²) in [6.07, 6.45) is 0. The smallest absolute Gasteiger partial charge is 0.329 e. The molecule has 0 saturated carbocycles. The van der Waals surface area contributed by atoms with Crippen LogP contribution in [0.3, 0.4) is 0 Å². The number of nitriles is 1. The molecular weight excluding hydrogens is 278 g/mol. The van der Waals surface area contributed by atoms with Gasteiger partial charge in [-0.05, 0) is 17.7 Å². The van der Waals surface area contributed by atoms with E-state index >= 15 is 0 Å². The van der Waals surface area contributed by atoms with Gasteiger partial charge in [-0.3, -0.25) is 10.1 Å². The zero-order valence-electron chi connectivity index (χ0n) is 11.0. The molecule has 3 amide bonds. The molecule has 0 atom stereocenters. The average Bonchev–Trinajstić information content (AvgIpc) is 2.45. The molecule has 8 heteroatoms. The summed E-state index contributed by atoms with van der Waals surface area (Å²) in [7, 11) is 0. The van der Waals surface area contributed by atoms with Crippen molar-refractivity contribution < 1.29 is 24.2 Å². The van der Waals surface area contributed by atoms with E-state index in [0.717, 1.165) is 5.56 Å². The Balaban J connectivity index is 2.28. The van der Waals surface area contributed by atoms with Gasteiger partial charge in [0, 0.05) is 6.54 Å². The monoisotopic (exact) mass is 291 g/mol. The van der Waals surface area contributed by atoms with Crippen LogP contribution in [0.15, 0.2) is 24.3 Å². The number of hydrogen-bond acceptors (Lipinski definition) is 5. The van der Waals surface area contributed by atoms with Crippen LogP contribution >= 0.6 is 0 Å². The minimum absolute atomic E-state index is 0.181. The topological polar surface area (TPSA) is 129 Å². The number of ether oxygens (including phenoxy) is 1. The number of carbonyl (C=O) groups excluding carboxylic acids is 2. The Hall–Kier alpha value is -2.92. The van der Waals surface area contributed by atoms with E-state index < -0.39 is 31.1 Å². The van der Waals surface area contributed by atoms with Gasteiger partial charge in [-0.25, -0.2) is 9.59 Å². The Labute approximate surface area is 120 Å². The standard InChI is InChI=1S/C13H13N3O5/c14-5-9-1-3-10(4-2-9)6-15-13(20)16-11(17)7-21-8-12(18)19/h1-4H,6-8H2,(H,18,19)(H2,15,16,17,20). The van der Waals surface area contributed by atoms with Crippen LogP contribution in [0.4, 0.5) is 4.79 Å². The number of amides is 3. The number of aliphatic carboxylic acids is 1. The second kappa shape index (κ2) is 8.29. The lowest BCUT2D eigenvalue weighted by molar-refractivity contribution is -0.143. The van der Waals surface area contributed by atoms with Crippen molar-refractivity contribution in [2.45, 2.75) is 6.54 Å². The van der Waals surface area contributed by atoms with Gasteiger partial charge in [-0.1, -0.05) is 12.1 Å². The summed E-state index contributed by atoms with van der Waals surface area (Å²) >= 11 is 0. The molecule has 0 heterocycles. The second-order valence-electron chi connectivity index (χ2n) is 3.93. The number of imide groups is 1. The molecule has 1 rings (SSSR count). The van der Waals surface area contributed by atoms with Crippen molar-refractivity contribution in [2.75, 3.05) is 13.2 Å². The molecule has 0 unspecified atom stereocenters. The fraction of sp³-hybridized carbons (Fsp3) is 0.231. The molecule has 21 heavy (non-hydrogen) atoms.